The normalized spacial score (nSPS) is 10.7. The summed E-state index contributed by atoms with van der Waals surface area (Å²) in [7, 11) is 0. The quantitative estimate of drug-likeness (QED) is 0.430. The monoisotopic (exact) mass is 354 g/mol. The Kier molecular flexibility index (Phi) is 5.30. The summed E-state index contributed by atoms with van der Waals surface area (Å²) in [4.78, 5) is 0. The summed E-state index contributed by atoms with van der Waals surface area (Å²) < 4.78 is 29.1. The third-order valence-corrected chi connectivity index (χ3v) is 4.35. The van der Waals surface area contributed by atoms with Crippen LogP contribution in [0.1, 0.15) is 12.0 Å². The molecule has 0 nitrogen and oxygen atoms in total. The molecule has 0 spiro atoms. The van der Waals surface area contributed by atoms with Gasteiger partial charge in [0.25, 0.3) is 0 Å². The van der Waals surface area contributed by atoms with E-state index in [1.54, 1.807) is 24.3 Å². The molecule has 3 rings (SSSR count). The molecule has 0 N–H and O–H groups in total. The Morgan fingerprint density at radius 3 is 1.92 bits per heavy atom. The lowest BCUT2D eigenvalue weighted by Crippen LogP contribution is -1.92. The van der Waals surface area contributed by atoms with Crippen molar-refractivity contribution in [2.24, 2.45) is 0 Å². The van der Waals surface area contributed by atoms with Gasteiger partial charge in [0.15, 0.2) is 0 Å². The molecule has 0 saturated carbocycles. The molecule has 0 heterocycles. The molecule has 0 aliphatic rings. The third kappa shape index (κ3) is 3.97. The summed E-state index contributed by atoms with van der Waals surface area (Å²) in [6.45, 7) is 3.71. The van der Waals surface area contributed by atoms with E-state index in [-0.39, 0.29) is 5.56 Å². The topological polar surface area (TPSA) is 0 Å². The maximum atomic E-state index is 14.5. The van der Waals surface area contributed by atoms with E-state index in [1.807, 2.05) is 30.3 Å². The van der Waals surface area contributed by atoms with Gasteiger partial charge >= 0.3 is 0 Å². The first kappa shape index (κ1) is 17.4. The lowest BCUT2D eigenvalue weighted by Gasteiger charge is -2.10. The molecule has 0 saturated heterocycles. The zero-order chi connectivity index (χ0) is 17.8. The maximum Gasteiger partial charge on any atom is 0.134 e. The molecule has 0 aliphatic heterocycles. The van der Waals surface area contributed by atoms with Crippen LogP contribution in [0.3, 0.4) is 0 Å². The van der Waals surface area contributed by atoms with Crippen molar-refractivity contribution in [2.75, 3.05) is 0 Å². The van der Waals surface area contributed by atoms with E-state index in [4.69, 9.17) is 11.6 Å². The van der Waals surface area contributed by atoms with E-state index in [1.165, 1.54) is 17.7 Å². The predicted octanol–water partition coefficient (Wildman–Crippen LogP) is 7.07. The first-order valence-corrected chi connectivity index (χ1v) is 8.41. The van der Waals surface area contributed by atoms with Gasteiger partial charge in [-0.2, -0.15) is 0 Å². The van der Waals surface area contributed by atoms with Crippen molar-refractivity contribution in [3.05, 3.63) is 95.5 Å². The van der Waals surface area contributed by atoms with Crippen molar-refractivity contribution in [3.8, 4) is 22.3 Å². The van der Waals surface area contributed by atoms with Crippen LogP contribution in [0, 0.1) is 11.6 Å². The van der Waals surface area contributed by atoms with Gasteiger partial charge in [-0.1, -0.05) is 54.1 Å². The molecule has 25 heavy (non-hydrogen) atoms. The Balaban J connectivity index is 1.94. The number of rotatable bonds is 5. The summed E-state index contributed by atoms with van der Waals surface area (Å²) in [6, 6.07) is 16.9. The standard InChI is InChI=1S/C22H17ClF2/c1-2-3-4-15-5-7-16(8-6-15)18-13-20(24)22(21(25)14-18)17-9-11-19(23)12-10-17/h2,5-14H,1,3-4H2. The van der Waals surface area contributed by atoms with E-state index in [0.717, 1.165) is 18.4 Å². The molecule has 126 valence electrons. The molecule has 0 bridgehead atoms. The van der Waals surface area contributed by atoms with E-state index in [0.29, 0.717) is 16.1 Å². The summed E-state index contributed by atoms with van der Waals surface area (Å²) >= 11 is 5.84. The number of hydrogen-bond donors (Lipinski definition) is 0. The highest BCUT2D eigenvalue weighted by Gasteiger charge is 2.14. The summed E-state index contributed by atoms with van der Waals surface area (Å²) in [6.07, 6.45) is 3.68. The van der Waals surface area contributed by atoms with Gasteiger partial charge in [0, 0.05) is 5.02 Å². The fourth-order valence-electron chi connectivity index (χ4n) is 2.76. The summed E-state index contributed by atoms with van der Waals surface area (Å²) in [5.74, 6) is -1.18. The second-order valence-electron chi connectivity index (χ2n) is 5.85. The van der Waals surface area contributed by atoms with Crippen LogP contribution in [0.4, 0.5) is 8.78 Å². The zero-order valence-corrected chi connectivity index (χ0v) is 14.4. The Bertz CT molecular complexity index is 858. The molecule has 0 aromatic heterocycles. The Hall–Kier alpha value is -2.45. The van der Waals surface area contributed by atoms with Gasteiger partial charge in [0.05, 0.1) is 5.56 Å². The minimum Gasteiger partial charge on any atom is -0.206 e. The zero-order valence-electron chi connectivity index (χ0n) is 13.6. The average molecular weight is 355 g/mol. The van der Waals surface area contributed by atoms with Crippen molar-refractivity contribution in [1.29, 1.82) is 0 Å². The molecule has 0 radical (unpaired) electrons. The highest BCUT2D eigenvalue weighted by molar-refractivity contribution is 6.30. The number of benzene rings is 3. The van der Waals surface area contributed by atoms with Gasteiger partial charge < -0.3 is 0 Å². The van der Waals surface area contributed by atoms with E-state index in [9.17, 15) is 8.78 Å². The molecule has 3 aromatic carbocycles. The number of halogens is 3. The first-order valence-electron chi connectivity index (χ1n) is 8.03. The highest BCUT2D eigenvalue weighted by Crippen LogP contribution is 2.31. The van der Waals surface area contributed by atoms with Gasteiger partial charge in [-0.25, -0.2) is 8.78 Å². The molecule has 0 atom stereocenters. The largest absolute Gasteiger partial charge is 0.206 e. The first-order chi connectivity index (χ1) is 12.1. The average Bonchev–Trinajstić information content (AvgIpc) is 2.61. The Morgan fingerprint density at radius 1 is 0.800 bits per heavy atom. The van der Waals surface area contributed by atoms with Crippen LogP contribution in [0.2, 0.25) is 5.02 Å². The molecule has 3 aromatic rings. The van der Waals surface area contributed by atoms with E-state index >= 15 is 0 Å². The molecule has 0 fully saturated rings. The second kappa shape index (κ2) is 7.62. The van der Waals surface area contributed by atoms with Gasteiger partial charge in [-0.15, -0.1) is 6.58 Å². The lowest BCUT2D eigenvalue weighted by atomic mass is 9.98. The minimum atomic E-state index is -0.590. The van der Waals surface area contributed by atoms with Gasteiger partial charge in [-0.05, 0) is 59.4 Å². The predicted molar refractivity (Wildman–Crippen MR) is 101 cm³/mol. The smallest absolute Gasteiger partial charge is 0.134 e. The minimum absolute atomic E-state index is 0.0389. The highest BCUT2D eigenvalue weighted by atomic mass is 35.5. The van der Waals surface area contributed by atoms with Crippen molar-refractivity contribution in [1.82, 2.24) is 0 Å². The van der Waals surface area contributed by atoms with Crippen LogP contribution in [0.5, 0.6) is 0 Å². The van der Waals surface area contributed by atoms with Crippen molar-refractivity contribution < 1.29 is 8.78 Å². The second-order valence-corrected chi connectivity index (χ2v) is 6.28. The van der Waals surface area contributed by atoms with Crippen LogP contribution in [0.25, 0.3) is 22.3 Å². The fraction of sp³-hybridized carbons (Fsp3) is 0.0909. The fourth-order valence-corrected chi connectivity index (χ4v) is 2.89. The van der Waals surface area contributed by atoms with Gasteiger partial charge in [-0.3, -0.25) is 0 Å². The number of aryl methyl sites for hydroxylation is 1. The van der Waals surface area contributed by atoms with Crippen molar-refractivity contribution >= 4 is 11.6 Å². The molecule has 0 unspecified atom stereocenters. The van der Waals surface area contributed by atoms with Crippen LogP contribution in [0.15, 0.2) is 73.3 Å². The maximum absolute atomic E-state index is 14.5. The van der Waals surface area contributed by atoms with Crippen molar-refractivity contribution in [3.63, 3.8) is 0 Å². The Labute approximate surface area is 151 Å². The van der Waals surface area contributed by atoms with Crippen LogP contribution in [-0.4, -0.2) is 0 Å². The molecule has 0 amide bonds. The van der Waals surface area contributed by atoms with E-state index < -0.39 is 11.6 Å². The third-order valence-electron chi connectivity index (χ3n) is 4.10. The number of allylic oxidation sites excluding steroid dienone is 1. The SMILES string of the molecule is C=CCCc1ccc(-c2cc(F)c(-c3ccc(Cl)cc3)c(F)c2)cc1. The summed E-state index contributed by atoms with van der Waals surface area (Å²) in [5, 5.41) is 0.526. The Morgan fingerprint density at radius 2 is 1.36 bits per heavy atom. The van der Waals surface area contributed by atoms with Gasteiger partial charge in [0.2, 0.25) is 0 Å². The van der Waals surface area contributed by atoms with Crippen LogP contribution >= 0.6 is 11.6 Å². The molecular weight excluding hydrogens is 338 g/mol. The molecular formula is C22H17ClF2. The van der Waals surface area contributed by atoms with Crippen molar-refractivity contribution in [2.45, 2.75) is 12.8 Å². The molecule has 3 heteroatoms. The lowest BCUT2D eigenvalue weighted by molar-refractivity contribution is 0.590. The van der Waals surface area contributed by atoms with Gasteiger partial charge in [0.1, 0.15) is 11.6 Å². The number of hydrogen-bond acceptors (Lipinski definition) is 0. The molecule has 0 aliphatic carbocycles. The summed E-state index contributed by atoms with van der Waals surface area (Å²) in [5.41, 5.74) is 2.89. The van der Waals surface area contributed by atoms with E-state index in [2.05, 4.69) is 6.58 Å². The van der Waals surface area contributed by atoms with Crippen LogP contribution in [-0.2, 0) is 6.42 Å². The van der Waals surface area contributed by atoms with Crippen LogP contribution < -0.4 is 0 Å².